The predicted octanol–water partition coefficient (Wildman–Crippen LogP) is 3.18. The molecule has 3 aromatic rings. The summed E-state index contributed by atoms with van der Waals surface area (Å²) >= 11 is 0. The smallest absolute Gasteiger partial charge is 0.254 e. The number of hydrogen-bond acceptors (Lipinski definition) is 6. The number of fused-ring (bicyclic) bond motifs is 5. The second-order valence-electron chi connectivity index (χ2n) is 7.81. The van der Waals surface area contributed by atoms with Gasteiger partial charge >= 0.3 is 0 Å². The number of nitrogens with one attached hydrogen (secondary N) is 1. The van der Waals surface area contributed by atoms with Gasteiger partial charge in [0.05, 0.1) is 12.2 Å². The maximum Gasteiger partial charge on any atom is 0.254 e. The molecule has 33 heavy (non-hydrogen) atoms. The van der Waals surface area contributed by atoms with Crippen molar-refractivity contribution < 1.29 is 18.7 Å². The summed E-state index contributed by atoms with van der Waals surface area (Å²) in [5, 5.41) is 16.8. The highest BCUT2D eigenvalue weighted by Gasteiger charge is 2.27. The summed E-state index contributed by atoms with van der Waals surface area (Å²) in [6, 6.07) is 7.68. The Labute approximate surface area is 189 Å². The zero-order valence-corrected chi connectivity index (χ0v) is 18.5. The van der Waals surface area contributed by atoms with Crippen LogP contribution in [0.2, 0.25) is 0 Å². The molecule has 10 heteroatoms. The number of carbonyl (C=O) groups is 2. The molecule has 1 aliphatic rings. The molecule has 0 unspecified atom stereocenters. The molecule has 1 N–H and O–H groups in total. The fraction of sp³-hybridized carbons (Fsp3) is 0.261. The fourth-order valence-corrected chi connectivity index (χ4v) is 3.87. The first-order valence-corrected chi connectivity index (χ1v) is 10.1. The van der Waals surface area contributed by atoms with Crippen molar-refractivity contribution in [3.8, 4) is 22.9 Å². The molecule has 0 saturated heterocycles. The zero-order chi connectivity index (χ0) is 23.9. The highest BCUT2D eigenvalue weighted by atomic mass is 19.1. The van der Waals surface area contributed by atoms with E-state index in [1.807, 2.05) is 0 Å². The largest absolute Gasteiger partial charge is 0.482 e. The SMILES string of the molecule is CC(=O)Nc1ncc2cc1O[C@H](C)c1cc(F)ccc1C(=O)N(C)Cc1nn(C)c(C#N)c1-2. The normalized spacial score (nSPS) is 15.3. The Morgan fingerprint density at radius 2 is 2.09 bits per heavy atom. The summed E-state index contributed by atoms with van der Waals surface area (Å²) in [5.41, 5.74) is 2.45. The summed E-state index contributed by atoms with van der Waals surface area (Å²) in [6.45, 7) is 3.13. The number of aryl methyl sites for hydroxylation is 1. The van der Waals surface area contributed by atoms with Crippen molar-refractivity contribution in [2.24, 2.45) is 7.05 Å². The third-order valence-corrected chi connectivity index (χ3v) is 5.38. The Morgan fingerprint density at radius 3 is 2.79 bits per heavy atom. The molecule has 2 aromatic heterocycles. The Hall–Kier alpha value is -4.26. The number of halogens is 1. The summed E-state index contributed by atoms with van der Waals surface area (Å²) < 4.78 is 21.6. The molecule has 0 fully saturated rings. The van der Waals surface area contributed by atoms with E-state index < -0.39 is 11.9 Å². The fourth-order valence-electron chi connectivity index (χ4n) is 3.87. The number of amides is 2. The molecule has 0 aliphatic carbocycles. The molecule has 0 spiro atoms. The van der Waals surface area contributed by atoms with Crippen LogP contribution in [0.3, 0.4) is 0 Å². The lowest BCUT2D eigenvalue weighted by Crippen LogP contribution is -2.28. The minimum atomic E-state index is -0.749. The number of rotatable bonds is 1. The highest BCUT2D eigenvalue weighted by molar-refractivity contribution is 5.96. The van der Waals surface area contributed by atoms with Gasteiger partial charge in [-0.1, -0.05) is 0 Å². The average Bonchev–Trinajstić information content (AvgIpc) is 3.07. The number of anilines is 1. The molecular formula is C23H21FN6O3. The number of ether oxygens (including phenoxy) is 1. The van der Waals surface area contributed by atoms with Crippen LogP contribution in [-0.2, 0) is 18.4 Å². The van der Waals surface area contributed by atoms with Gasteiger partial charge in [0.25, 0.3) is 5.91 Å². The second kappa shape index (κ2) is 8.35. The van der Waals surface area contributed by atoms with Crippen molar-refractivity contribution in [2.75, 3.05) is 12.4 Å². The van der Waals surface area contributed by atoms with Crippen molar-refractivity contribution >= 4 is 17.6 Å². The number of benzene rings is 1. The Bertz CT molecular complexity index is 1330. The predicted molar refractivity (Wildman–Crippen MR) is 117 cm³/mol. The third kappa shape index (κ3) is 4.01. The lowest BCUT2D eigenvalue weighted by atomic mass is 10.00. The first-order chi connectivity index (χ1) is 15.7. The third-order valence-electron chi connectivity index (χ3n) is 5.38. The van der Waals surface area contributed by atoms with Crippen LogP contribution >= 0.6 is 0 Å². The highest BCUT2D eigenvalue weighted by Crippen LogP contribution is 2.36. The van der Waals surface area contributed by atoms with E-state index in [0.717, 1.165) is 0 Å². The lowest BCUT2D eigenvalue weighted by molar-refractivity contribution is -0.114. The second-order valence-corrected chi connectivity index (χ2v) is 7.81. The maximum atomic E-state index is 14.1. The molecule has 9 nitrogen and oxygen atoms in total. The molecule has 2 bridgehead atoms. The van der Waals surface area contributed by atoms with Crippen LogP contribution in [0.1, 0.15) is 47.3 Å². The number of nitriles is 1. The zero-order valence-electron chi connectivity index (χ0n) is 18.5. The monoisotopic (exact) mass is 448 g/mol. The first kappa shape index (κ1) is 22.0. The van der Waals surface area contributed by atoms with E-state index in [1.165, 1.54) is 40.9 Å². The van der Waals surface area contributed by atoms with Gasteiger partial charge in [0.2, 0.25) is 5.91 Å². The van der Waals surface area contributed by atoms with E-state index in [-0.39, 0.29) is 35.5 Å². The molecule has 4 rings (SSSR count). The van der Waals surface area contributed by atoms with Gasteiger partial charge in [-0.3, -0.25) is 14.3 Å². The van der Waals surface area contributed by atoms with Gasteiger partial charge in [-0.2, -0.15) is 10.4 Å². The van der Waals surface area contributed by atoms with Crippen LogP contribution in [0.25, 0.3) is 11.1 Å². The standard InChI is InChI=1S/C23H21FN6O3/c1-12-17-8-15(24)5-6-16(17)23(32)29(3)11-18-21(19(9-25)30(4)28-18)14-7-20(33-12)22(26-10-14)27-13(2)31/h5-8,10,12H,11H2,1-4H3,(H,26,27,31)/t12-/m1/s1. The van der Waals surface area contributed by atoms with E-state index in [9.17, 15) is 19.2 Å². The van der Waals surface area contributed by atoms with Crippen molar-refractivity contribution in [3.05, 3.63) is 58.8 Å². The molecule has 2 amide bonds. The van der Waals surface area contributed by atoms with Crippen molar-refractivity contribution in [2.45, 2.75) is 26.5 Å². The van der Waals surface area contributed by atoms with Gasteiger partial charge < -0.3 is 15.0 Å². The van der Waals surface area contributed by atoms with E-state index in [4.69, 9.17) is 4.74 Å². The Morgan fingerprint density at radius 1 is 1.33 bits per heavy atom. The van der Waals surface area contributed by atoms with Crippen molar-refractivity contribution in [1.29, 1.82) is 5.26 Å². The van der Waals surface area contributed by atoms with Crippen molar-refractivity contribution in [3.63, 3.8) is 0 Å². The van der Waals surface area contributed by atoms with E-state index >= 15 is 0 Å². The van der Waals surface area contributed by atoms with E-state index in [1.54, 1.807) is 27.1 Å². The molecule has 168 valence electrons. The number of carbonyl (C=O) groups excluding carboxylic acids is 2. The minimum Gasteiger partial charge on any atom is -0.482 e. The van der Waals surface area contributed by atoms with Crippen LogP contribution in [0.5, 0.6) is 5.75 Å². The van der Waals surface area contributed by atoms with Gasteiger partial charge in [-0.15, -0.1) is 0 Å². The van der Waals surface area contributed by atoms with Gasteiger partial charge in [-0.25, -0.2) is 9.37 Å². The van der Waals surface area contributed by atoms with Crippen LogP contribution < -0.4 is 10.1 Å². The maximum absolute atomic E-state index is 14.1. The molecule has 1 atom stereocenters. The number of hydrogen-bond donors (Lipinski definition) is 1. The van der Waals surface area contributed by atoms with Crippen LogP contribution in [-0.4, -0.2) is 38.5 Å². The topological polar surface area (TPSA) is 113 Å². The van der Waals surface area contributed by atoms with E-state index in [0.29, 0.717) is 28.1 Å². The van der Waals surface area contributed by atoms with Gasteiger partial charge in [-0.05, 0) is 31.2 Å². The van der Waals surface area contributed by atoms with Crippen LogP contribution in [0.15, 0.2) is 30.5 Å². The quantitative estimate of drug-likeness (QED) is 0.612. The lowest BCUT2D eigenvalue weighted by Gasteiger charge is -2.24. The van der Waals surface area contributed by atoms with Gasteiger partial charge in [0.15, 0.2) is 11.6 Å². The Kier molecular flexibility index (Phi) is 5.55. The van der Waals surface area contributed by atoms with Crippen LogP contribution in [0, 0.1) is 17.1 Å². The molecule has 3 heterocycles. The molecule has 1 aliphatic heterocycles. The van der Waals surface area contributed by atoms with Gasteiger partial charge in [0, 0.05) is 49.5 Å². The molecule has 0 saturated carbocycles. The first-order valence-electron chi connectivity index (χ1n) is 10.1. The summed E-state index contributed by atoms with van der Waals surface area (Å²) in [7, 11) is 3.25. The number of nitrogens with zero attached hydrogens (tertiary/aromatic N) is 5. The Balaban J connectivity index is 1.99. The average molecular weight is 448 g/mol. The van der Waals surface area contributed by atoms with Crippen molar-refractivity contribution in [1.82, 2.24) is 19.7 Å². The van der Waals surface area contributed by atoms with E-state index in [2.05, 4.69) is 21.5 Å². The minimum absolute atomic E-state index is 0.110. The van der Waals surface area contributed by atoms with Gasteiger partial charge in [0.1, 0.15) is 23.7 Å². The summed E-state index contributed by atoms with van der Waals surface area (Å²) in [4.78, 5) is 30.8. The summed E-state index contributed by atoms with van der Waals surface area (Å²) in [6.07, 6.45) is 0.756. The van der Waals surface area contributed by atoms with Crippen LogP contribution in [0.4, 0.5) is 10.2 Å². The molecular weight excluding hydrogens is 427 g/mol. The molecule has 0 radical (unpaired) electrons. The summed E-state index contributed by atoms with van der Waals surface area (Å²) in [5.74, 6) is -0.825. The number of aromatic nitrogens is 3. The molecule has 1 aromatic carbocycles. The number of pyridine rings is 1.